The zero-order valence-corrected chi connectivity index (χ0v) is 18.5. The molecule has 0 saturated heterocycles. The molecule has 1 nitrogen and oxygen atoms in total. The summed E-state index contributed by atoms with van der Waals surface area (Å²) in [5, 5.41) is 0.312. The lowest BCUT2D eigenvalue weighted by molar-refractivity contribution is -0.111. The fraction of sp³-hybridized carbons (Fsp3) is 0.720. The van der Waals surface area contributed by atoms with Gasteiger partial charge in [0.1, 0.15) is 0 Å². The molecule has 0 bridgehead atoms. The lowest BCUT2D eigenvalue weighted by atomic mass is 10.0. The molecule has 0 fully saturated rings. The third-order valence-corrected chi connectivity index (χ3v) is 6.15. The molecule has 0 heterocycles. The number of unbranched alkanes of at least 4 members (excludes halogenated alkanes) is 15. The molecule has 0 aliphatic carbocycles. The maximum absolute atomic E-state index is 11.9. The zero-order valence-electron chi connectivity index (χ0n) is 17.7. The van der Waals surface area contributed by atoms with Crippen molar-refractivity contribution in [1.82, 2.24) is 0 Å². The van der Waals surface area contributed by atoms with Crippen LogP contribution < -0.4 is 0 Å². The van der Waals surface area contributed by atoms with Crippen molar-refractivity contribution < 1.29 is 4.79 Å². The summed E-state index contributed by atoms with van der Waals surface area (Å²) in [5.74, 6) is 0. The first-order valence-electron chi connectivity index (χ1n) is 11.6. The second-order valence-corrected chi connectivity index (χ2v) is 8.97. The van der Waals surface area contributed by atoms with Crippen LogP contribution in [-0.4, -0.2) is 5.12 Å². The third kappa shape index (κ3) is 15.9. The SMILES string of the molecule is CCCCCCCCCCCCCCCCCCC(=O)Sc1ccccc1. The molecule has 1 rings (SSSR count). The summed E-state index contributed by atoms with van der Waals surface area (Å²) in [5.41, 5.74) is 0. The molecule has 0 aromatic heterocycles. The maximum atomic E-state index is 11.9. The van der Waals surface area contributed by atoms with E-state index in [2.05, 4.69) is 6.92 Å². The van der Waals surface area contributed by atoms with E-state index in [4.69, 9.17) is 0 Å². The van der Waals surface area contributed by atoms with Gasteiger partial charge in [0.25, 0.3) is 0 Å². The van der Waals surface area contributed by atoms with Gasteiger partial charge in [0, 0.05) is 11.3 Å². The topological polar surface area (TPSA) is 17.1 Å². The van der Waals surface area contributed by atoms with E-state index >= 15 is 0 Å². The average Bonchev–Trinajstić information content (AvgIpc) is 2.68. The van der Waals surface area contributed by atoms with E-state index in [1.54, 1.807) is 0 Å². The molecule has 27 heavy (non-hydrogen) atoms. The molecule has 0 aliphatic rings. The Balaban J connectivity index is 1.76. The molecule has 1 aromatic carbocycles. The molecule has 0 N–H and O–H groups in total. The summed E-state index contributed by atoms with van der Waals surface area (Å²) < 4.78 is 0. The third-order valence-electron chi connectivity index (χ3n) is 5.21. The molecule has 154 valence electrons. The number of rotatable bonds is 18. The van der Waals surface area contributed by atoms with Gasteiger partial charge < -0.3 is 0 Å². The van der Waals surface area contributed by atoms with Crippen molar-refractivity contribution in [2.45, 2.75) is 121 Å². The Morgan fingerprint density at radius 3 is 1.48 bits per heavy atom. The summed E-state index contributed by atoms with van der Waals surface area (Å²) in [4.78, 5) is 13.0. The van der Waals surface area contributed by atoms with Crippen molar-refractivity contribution in [1.29, 1.82) is 0 Å². The minimum Gasteiger partial charge on any atom is -0.287 e. The predicted molar refractivity (Wildman–Crippen MR) is 121 cm³/mol. The Kier molecular flexibility index (Phi) is 16.7. The van der Waals surface area contributed by atoms with Gasteiger partial charge in [-0.1, -0.05) is 133 Å². The average molecular weight is 391 g/mol. The van der Waals surface area contributed by atoms with Crippen LogP contribution in [-0.2, 0) is 4.79 Å². The number of benzene rings is 1. The molecule has 0 aliphatic heterocycles. The lowest BCUT2D eigenvalue weighted by Crippen LogP contribution is -1.91. The van der Waals surface area contributed by atoms with Gasteiger partial charge in [0.2, 0.25) is 0 Å². The van der Waals surface area contributed by atoms with Crippen LogP contribution >= 0.6 is 11.8 Å². The number of hydrogen-bond acceptors (Lipinski definition) is 2. The minimum atomic E-state index is 0.312. The van der Waals surface area contributed by atoms with Gasteiger partial charge in [-0.25, -0.2) is 0 Å². The largest absolute Gasteiger partial charge is 0.287 e. The molecule has 0 radical (unpaired) electrons. The highest BCUT2D eigenvalue weighted by Crippen LogP contribution is 2.21. The first-order chi connectivity index (χ1) is 13.3. The number of hydrogen-bond donors (Lipinski definition) is 0. The van der Waals surface area contributed by atoms with E-state index in [1.165, 1.54) is 108 Å². The Morgan fingerprint density at radius 2 is 1.04 bits per heavy atom. The van der Waals surface area contributed by atoms with Crippen molar-refractivity contribution >= 4 is 16.9 Å². The van der Waals surface area contributed by atoms with Crippen LogP contribution in [0.4, 0.5) is 0 Å². The molecular weight excluding hydrogens is 348 g/mol. The van der Waals surface area contributed by atoms with E-state index in [0.717, 1.165) is 17.7 Å². The maximum Gasteiger partial charge on any atom is 0.193 e. The molecule has 0 amide bonds. The molecule has 2 heteroatoms. The van der Waals surface area contributed by atoms with E-state index in [1.807, 2.05) is 30.3 Å². The molecular formula is C25H42OS. The fourth-order valence-corrected chi connectivity index (χ4v) is 4.29. The minimum absolute atomic E-state index is 0.312. The van der Waals surface area contributed by atoms with Crippen LogP contribution in [0.25, 0.3) is 0 Å². The highest BCUT2D eigenvalue weighted by Gasteiger charge is 2.04. The Labute approximate surface area is 173 Å². The standard InChI is InChI=1S/C25H42OS/c1-2-3-4-5-6-7-8-9-10-11-12-13-14-15-16-20-23-25(26)27-24-21-18-17-19-22-24/h17-19,21-22H,2-16,20,23H2,1H3. The van der Waals surface area contributed by atoms with Gasteiger partial charge in [-0.3, -0.25) is 4.79 Å². The molecule has 0 atom stereocenters. The van der Waals surface area contributed by atoms with Crippen LogP contribution in [0, 0.1) is 0 Å². The molecule has 0 spiro atoms. The van der Waals surface area contributed by atoms with Crippen molar-refractivity contribution in [3.05, 3.63) is 30.3 Å². The Morgan fingerprint density at radius 1 is 0.630 bits per heavy atom. The predicted octanol–water partition coefficient (Wildman–Crippen LogP) is 8.96. The summed E-state index contributed by atoms with van der Waals surface area (Å²) in [6.07, 6.45) is 22.7. The van der Waals surface area contributed by atoms with Crippen molar-refractivity contribution in [3.63, 3.8) is 0 Å². The van der Waals surface area contributed by atoms with Crippen molar-refractivity contribution in [3.8, 4) is 0 Å². The normalized spacial score (nSPS) is 11.0. The molecule has 0 saturated carbocycles. The number of carbonyl (C=O) groups is 1. The highest BCUT2D eigenvalue weighted by atomic mass is 32.2. The quantitative estimate of drug-likeness (QED) is 0.184. The summed E-state index contributed by atoms with van der Waals surface area (Å²) in [6, 6.07) is 9.99. The van der Waals surface area contributed by atoms with Crippen LogP contribution in [0.1, 0.15) is 116 Å². The summed E-state index contributed by atoms with van der Waals surface area (Å²) in [6.45, 7) is 2.29. The van der Waals surface area contributed by atoms with E-state index in [-0.39, 0.29) is 0 Å². The van der Waals surface area contributed by atoms with Gasteiger partial charge in [-0.15, -0.1) is 0 Å². The lowest BCUT2D eigenvalue weighted by Gasteiger charge is -2.04. The Hall–Kier alpha value is -0.760. The van der Waals surface area contributed by atoms with Gasteiger partial charge in [0.15, 0.2) is 5.12 Å². The number of thioether (sulfide) groups is 1. The molecule has 1 aromatic rings. The van der Waals surface area contributed by atoms with Crippen LogP contribution in [0.3, 0.4) is 0 Å². The smallest absolute Gasteiger partial charge is 0.193 e. The van der Waals surface area contributed by atoms with Gasteiger partial charge in [-0.05, 0) is 18.6 Å². The monoisotopic (exact) mass is 390 g/mol. The van der Waals surface area contributed by atoms with Crippen LogP contribution in [0.15, 0.2) is 35.2 Å². The van der Waals surface area contributed by atoms with E-state index < -0.39 is 0 Å². The Bertz CT molecular complexity index is 443. The fourth-order valence-electron chi connectivity index (χ4n) is 3.49. The van der Waals surface area contributed by atoms with E-state index in [9.17, 15) is 4.79 Å². The first kappa shape index (κ1) is 24.3. The van der Waals surface area contributed by atoms with Crippen molar-refractivity contribution in [2.75, 3.05) is 0 Å². The first-order valence-corrected chi connectivity index (χ1v) is 12.4. The van der Waals surface area contributed by atoms with Gasteiger partial charge >= 0.3 is 0 Å². The number of carbonyl (C=O) groups excluding carboxylic acids is 1. The van der Waals surface area contributed by atoms with Crippen molar-refractivity contribution in [2.24, 2.45) is 0 Å². The van der Waals surface area contributed by atoms with Gasteiger partial charge in [0.05, 0.1) is 0 Å². The summed E-state index contributed by atoms with van der Waals surface area (Å²) in [7, 11) is 0. The second-order valence-electron chi connectivity index (χ2n) is 7.84. The van der Waals surface area contributed by atoms with E-state index in [0.29, 0.717) is 5.12 Å². The van der Waals surface area contributed by atoms with Crippen LogP contribution in [0.5, 0.6) is 0 Å². The van der Waals surface area contributed by atoms with Gasteiger partial charge in [-0.2, -0.15) is 0 Å². The summed E-state index contributed by atoms with van der Waals surface area (Å²) >= 11 is 1.39. The second kappa shape index (κ2) is 18.6. The molecule has 0 unspecified atom stereocenters. The zero-order chi connectivity index (χ0) is 19.4. The van der Waals surface area contributed by atoms with Crippen LogP contribution in [0.2, 0.25) is 0 Å². The highest BCUT2D eigenvalue weighted by molar-refractivity contribution is 8.13.